The molecule has 0 N–H and O–H groups in total. The van der Waals surface area contributed by atoms with Crippen molar-refractivity contribution in [3.8, 4) is 0 Å². The summed E-state index contributed by atoms with van der Waals surface area (Å²) >= 11 is 0. The van der Waals surface area contributed by atoms with E-state index < -0.39 is 5.60 Å². The third kappa shape index (κ3) is 4.33. The first-order chi connectivity index (χ1) is 10.9. The summed E-state index contributed by atoms with van der Waals surface area (Å²) in [5.74, 6) is 1.55. The van der Waals surface area contributed by atoms with Gasteiger partial charge in [0.05, 0.1) is 0 Å². The van der Waals surface area contributed by atoms with E-state index in [4.69, 9.17) is 4.74 Å². The van der Waals surface area contributed by atoms with Crippen molar-refractivity contribution in [3.63, 3.8) is 0 Å². The molecule has 2 heterocycles. The Bertz CT molecular complexity index is 548. The molecule has 23 heavy (non-hydrogen) atoms. The number of tetrazole rings is 1. The van der Waals surface area contributed by atoms with Crippen LogP contribution < -0.4 is 4.90 Å². The first-order valence-corrected chi connectivity index (χ1v) is 8.41. The molecule has 0 aromatic carbocycles. The highest BCUT2D eigenvalue weighted by Gasteiger charge is 2.28. The van der Waals surface area contributed by atoms with E-state index in [-0.39, 0.29) is 6.09 Å². The van der Waals surface area contributed by atoms with Crippen molar-refractivity contribution < 1.29 is 9.53 Å². The fourth-order valence-corrected chi connectivity index (χ4v) is 2.72. The minimum atomic E-state index is -0.461. The Kier molecular flexibility index (Phi) is 4.41. The molecule has 2 fully saturated rings. The van der Waals surface area contributed by atoms with E-state index >= 15 is 0 Å². The molecule has 1 saturated carbocycles. The molecule has 1 aliphatic heterocycles. The van der Waals surface area contributed by atoms with Crippen LogP contribution in [0.15, 0.2) is 0 Å². The van der Waals surface area contributed by atoms with Gasteiger partial charge in [-0.25, -0.2) is 9.48 Å². The molecule has 128 valence electrons. The second kappa shape index (κ2) is 6.33. The first kappa shape index (κ1) is 16.0. The summed E-state index contributed by atoms with van der Waals surface area (Å²) in [4.78, 5) is 16.2. The minimum Gasteiger partial charge on any atom is -0.444 e. The minimum absolute atomic E-state index is 0.239. The first-order valence-electron chi connectivity index (χ1n) is 8.41. The molecule has 1 aromatic heterocycles. The number of hydrogen-bond acceptors (Lipinski definition) is 6. The Balaban J connectivity index is 1.60. The Morgan fingerprint density at radius 2 is 2.00 bits per heavy atom. The molecule has 0 atom stereocenters. The largest absolute Gasteiger partial charge is 0.444 e. The second-order valence-electron chi connectivity index (χ2n) is 7.41. The molecule has 1 aromatic rings. The zero-order chi connectivity index (χ0) is 16.4. The molecule has 8 heteroatoms. The van der Waals surface area contributed by atoms with Gasteiger partial charge in [0.25, 0.3) is 0 Å². The van der Waals surface area contributed by atoms with Crippen LogP contribution in [0.1, 0.15) is 40.0 Å². The zero-order valence-corrected chi connectivity index (χ0v) is 14.2. The topological polar surface area (TPSA) is 76.4 Å². The second-order valence-corrected chi connectivity index (χ2v) is 7.41. The molecule has 0 unspecified atom stereocenters. The average molecular weight is 322 g/mol. The predicted octanol–water partition coefficient (Wildman–Crippen LogP) is 1.53. The van der Waals surface area contributed by atoms with E-state index in [0.29, 0.717) is 13.1 Å². The average Bonchev–Trinajstić information content (AvgIpc) is 3.20. The van der Waals surface area contributed by atoms with E-state index in [1.807, 2.05) is 25.5 Å². The molecule has 2 aliphatic rings. The standard InChI is InChI=1S/C15H26N6O2/c1-15(2,3)23-14(22)20-8-4-7-19(9-10-20)13-16-17-18-21(13)11-12-5-6-12/h12H,4-11H2,1-3H3. The lowest BCUT2D eigenvalue weighted by Gasteiger charge is -2.26. The molecular formula is C15H26N6O2. The molecule has 8 nitrogen and oxygen atoms in total. The van der Waals surface area contributed by atoms with Crippen molar-refractivity contribution in [2.24, 2.45) is 5.92 Å². The Morgan fingerprint density at radius 1 is 1.22 bits per heavy atom. The fraction of sp³-hybridized carbons (Fsp3) is 0.867. The van der Waals surface area contributed by atoms with Gasteiger partial charge in [0.15, 0.2) is 0 Å². The highest BCUT2D eigenvalue weighted by atomic mass is 16.6. The number of rotatable bonds is 3. The normalized spacial score (nSPS) is 19.6. The Morgan fingerprint density at radius 3 is 2.70 bits per heavy atom. The summed E-state index contributed by atoms with van der Waals surface area (Å²) < 4.78 is 7.37. The Labute approximate surface area is 136 Å². The van der Waals surface area contributed by atoms with Crippen molar-refractivity contribution in [2.75, 3.05) is 31.1 Å². The molecule has 1 amide bonds. The van der Waals surface area contributed by atoms with E-state index in [2.05, 4.69) is 20.4 Å². The highest BCUT2D eigenvalue weighted by molar-refractivity contribution is 5.68. The summed E-state index contributed by atoms with van der Waals surface area (Å²) in [6.07, 6.45) is 3.18. The van der Waals surface area contributed by atoms with E-state index in [0.717, 1.165) is 37.9 Å². The van der Waals surface area contributed by atoms with Gasteiger partial charge in [0, 0.05) is 32.7 Å². The van der Waals surface area contributed by atoms with Gasteiger partial charge in [0.1, 0.15) is 5.60 Å². The van der Waals surface area contributed by atoms with Crippen LogP contribution in [-0.4, -0.2) is 63.0 Å². The van der Waals surface area contributed by atoms with Crippen LogP contribution in [-0.2, 0) is 11.3 Å². The van der Waals surface area contributed by atoms with Crippen LogP contribution in [0, 0.1) is 5.92 Å². The van der Waals surface area contributed by atoms with Crippen LogP contribution in [0.4, 0.5) is 10.7 Å². The summed E-state index contributed by atoms with van der Waals surface area (Å²) in [5.41, 5.74) is -0.461. The monoisotopic (exact) mass is 322 g/mol. The predicted molar refractivity (Wildman–Crippen MR) is 85.2 cm³/mol. The van der Waals surface area contributed by atoms with Crippen LogP contribution >= 0.6 is 0 Å². The summed E-state index contributed by atoms with van der Waals surface area (Å²) in [6, 6.07) is 0. The summed E-state index contributed by atoms with van der Waals surface area (Å²) in [6.45, 7) is 9.48. The molecule has 0 bridgehead atoms. The lowest BCUT2D eigenvalue weighted by Crippen LogP contribution is -2.39. The van der Waals surface area contributed by atoms with Crippen LogP contribution in [0.2, 0.25) is 0 Å². The molecule has 0 radical (unpaired) electrons. The number of amides is 1. The number of carbonyl (C=O) groups is 1. The van der Waals surface area contributed by atoms with Crippen molar-refractivity contribution in [1.82, 2.24) is 25.1 Å². The summed E-state index contributed by atoms with van der Waals surface area (Å²) in [5, 5.41) is 12.1. The quantitative estimate of drug-likeness (QED) is 0.840. The Hall–Kier alpha value is -1.86. The van der Waals surface area contributed by atoms with E-state index in [9.17, 15) is 4.79 Å². The number of nitrogens with zero attached hydrogens (tertiary/aromatic N) is 6. The zero-order valence-electron chi connectivity index (χ0n) is 14.2. The van der Waals surface area contributed by atoms with Gasteiger partial charge in [-0.1, -0.05) is 5.10 Å². The molecule has 1 saturated heterocycles. The van der Waals surface area contributed by atoms with E-state index in [1.165, 1.54) is 12.8 Å². The number of aromatic nitrogens is 4. The number of carbonyl (C=O) groups excluding carboxylic acids is 1. The molecule has 0 spiro atoms. The number of anilines is 1. The molecular weight excluding hydrogens is 296 g/mol. The van der Waals surface area contributed by atoms with Crippen molar-refractivity contribution in [2.45, 2.75) is 52.2 Å². The molecule has 1 aliphatic carbocycles. The maximum absolute atomic E-state index is 12.2. The van der Waals surface area contributed by atoms with Gasteiger partial charge in [0.2, 0.25) is 5.95 Å². The lowest BCUT2D eigenvalue weighted by atomic mass is 10.2. The van der Waals surface area contributed by atoms with Gasteiger partial charge in [-0.05, 0) is 56.4 Å². The number of hydrogen-bond donors (Lipinski definition) is 0. The van der Waals surface area contributed by atoms with Gasteiger partial charge in [-0.15, -0.1) is 0 Å². The third-order valence-corrected chi connectivity index (χ3v) is 4.07. The van der Waals surface area contributed by atoms with Gasteiger partial charge < -0.3 is 14.5 Å². The maximum atomic E-state index is 12.2. The fourth-order valence-electron chi connectivity index (χ4n) is 2.72. The third-order valence-electron chi connectivity index (χ3n) is 4.07. The van der Waals surface area contributed by atoms with Crippen LogP contribution in [0.5, 0.6) is 0 Å². The maximum Gasteiger partial charge on any atom is 0.410 e. The van der Waals surface area contributed by atoms with Crippen LogP contribution in [0.25, 0.3) is 0 Å². The van der Waals surface area contributed by atoms with Gasteiger partial charge >= 0.3 is 6.09 Å². The highest BCUT2D eigenvalue weighted by Crippen LogP contribution is 2.31. The van der Waals surface area contributed by atoms with Crippen molar-refractivity contribution in [3.05, 3.63) is 0 Å². The van der Waals surface area contributed by atoms with Crippen molar-refractivity contribution in [1.29, 1.82) is 0 Å². The van der Waals surface area contributed by atoms with Crippen molar-refractivity contribution >= 4 is 12.0 Å². The van der Waals surface area contributed by atoms with E-state index in [1.54, 1.807) is 4.90 Å². The lowest BCUT2D eigenvalue weighted by molar-refractivity contribution is 0.0263. The smallest absolute Gasteiger partial charge is 0.410 e. The van der Waals surface area contributed by atoms with Crippen LogP contribution in [0.3, 0.4) is 0 Å². The van der Waals surface area contributed by atoms with Gasteiger partial charge in [-0.3, -0.25) is 0 Å². The number of ether oxygens (including phenoxy) is 1. The SMILES string of the molecule is CC(C)(C)OC(=O)N1CCCN(c2nnnn2CC2CC2)CC1. The molecule has 3 rings (SSSR count). The summed E-state index contributed by atoms with van der Waals surface area (Å²) in [7, 11) is 0. The van der Waals surface area contributed by atoms with Gasteiger partial charge in [-0.2, -0.15) is 0 Å².